The summed E-state index contributed by atoms with van der Waals surface area (Å²) < 4.78 is 17.8. The van der Waals surface area contributed by atoms with E-state index in [0.717, 1.165) is 29.0 Å². The van der Waals surface area contributed by atoms with Crippen LogP contribution in [0.25, 0.3) is 18.2 Å². The summed E-state index contributed by atoms with van der Waals surface area (Å²) >= 11 is 0. The average molecular weight is 553 g/mol. The highest BCUT2D eigenvalue weighted by Gasteiger charge is 2.27. The second-order valence-electron chi connectivity index (χ2n) is 10.4. The van der Waals surface area contributed by atoms with Crippen molar-refractivity contribution in [2.75, 3.05) is 6.61 Å². The normalized spacial score (nSPS) is 15.6. The molecule has 2 unspecified atom stereocenters. The molecular formula is C36H40O5. The number of carbonyl (C=O) groups excluding carboxylic acids is 1. The van der Waals surface area contributed by atoms with Gasteiger partial charge in [0.2, 0.25) is 0 Å². The van der Waals surface area contributed by atoms with Crippen molar-refractivity contribution in [1.82, 2.24) is 0 Å². The van der Waals surface area contributed by atoms with Gasteiger partial charge >= 0.3 is 5.97 Å². The second-order valence-corrected chi connectivity index (χ2v) is 10.4. The maximum Gasteiger partial charge on any atom is 0.345 e. The lowest BCUT2D eigenvalue weighted by atomic mass is 9.87. The van der Waals surface area contributed by atoms with E-state index in [-0.39, 0.29) is 5.75 Å². The van der Waals surface area contributed by atoms with Crippen LogP contribution in [0.5, 0.6) is 11.5 Å². The van der Waals surface area contributed by atoms with Crippen molar-refractivity contribution in [2.45, 2.75) is 57.8 Å². The van der Waals surface area contributed by atoms with Crippen LogP contribution in [-0.4, -0.2) is 24.0 Å². The van der Waals surface area contributed by atoms with Gasteiger partial charge in [0.05, 0.1) is 0 Å². The fraction of sp³-hybridized carbons (Fsp3) is 0.306. The molecule has 5 heteroatoms. The molecule has 0 aromatic heterocycles. The number of esters is 1. The van der Waals surface area contributed by atoms with Gasteiger partial charge in [-0.3, -0.25) is 0 Å². The quantitative estimate of drug-likeness (QED) is 0.0994. The van der Waals surface area contributed by atoms with Crippen LogP contribution in [0, 0.1) is 5.92 Å². The first-order valence-corrected chi connectivity index (χ1v) is 14.4. The van der Waals surface area contributed by atoms with E-state index in [2.05, 4.69) is 6.58 Å². The Balaban J connectivity index is 1.35. The van der Waals surface area contributed by atoms with Crippen molar-refractivity contribution in [3.05, 3.63) is 114 Å². The molecule has 0 amide bonds. The molecule has 214 valence electrons. The lowest BCUT2D eigenvalue weighted by molar-refractivity contribution is -0.184. The summed E-state index contributed by atoms with van der Waals surface area (Å²) in [4.78, 5) is 13.3. The van der Waals surface area contributed by atoms with Crippen LogP contribution in [0.3, 0.4) is 0 Å². The maximum absolute atomic E-state index is 13.3. The molecule has 0 spiro atoms. The van der Waals surface area contributed by atoms with Crippen molar-refractivity contribution in [3.63, 3.8) is 0 Å². The first kappa shape index (κ1) is 30.0. The number of aromatic hydroxyl groups is 1. The van der Waals surface area contributed by atoms with Gasteiger partial charge in [-0.05, 0) is 65.8 Å². The summed E-state index contributed by atoms with van der Waals surface area (Å²) in [6, 6.07) is 21.8. The first-order chi connectivity index (χ1) is 20.0. The molecule has 3 aromatic rings. The summed E-state index contributed by atoms with van der Waals surface area (Å²) in [5, 5.41) is 9.39. The standard InChI is InChI=1S/C36H40O5/c1-3-28-13-19-32(20-14-28)35(40-27(2)39-26-25-29-9-5-4-6-10-29)36(38)41-34-23-17-31(18-24-34)12-8-7-11-30-15-21-33(37)22-16-30/h3,7-8,11-24,27,29,35,37H,1,4-6,9-10,25-26H2,2H3. The van der Waals surface area contributed by atoms with Crippen LogP contribution in [0.4, 0.5) is 0 Å². The lowest BCUT2D eigenvalue weighted by Crippen LogP contribution is -2.27. The predicted molar refractivity (Wildman–Crippen MR) is 165 cm³/mol. The summed E-state index contributed by atoms with van der Waals surface area (Å²) in [6.45, 7) is 6.25. The lowest BCUT2D eigenvalue weighted by Gasteiger charge is -2.24. The van der Waals surface area contributed by atoms with Gasteiger partial charge in [0.1, 0.15) is 11.5 Å². The third-order valence-corrected chi connectivity index (χ3v) is 7.30. The van der Waals surface area contributed by atoms with Crippen LogP contribution in [0.1, 0.15) is 73.8 Å². The topological polar surface area (TPSA) is 65.0 Å². The van der Waals surface area contributed by atoms with Gasteiger partial charge in [-0.15, -0.1) is 0 Å². The highest BCUT2D eigenvalue weighted by molar-refractivity contribution is 5.79. The van der Waals surface area contributed by atoms with Gasteiger partial charge in [-0.25, -0.2) is 4.79 Å². The number of allylic oxidation sites excluding steroid dienone is 2. The molecule has 1 aliphatic rings. The molecule has 0 bridgehead atoms. The van der Waals surface area contributed by atoms with Crippen molar-refractivity contribution < 1.29 is 24.1 Å². The van der Waals surface area contributed by atoms with Crippen LogP contribution in [0.15, 0.2) is 91.5 Å². The highest BCUT2D eigenvalue weighted by Crippen LogP contribution is 2.27. The Morgan fingerprint density at radius 3 is 2.07 bits per heavy atom. The van der Waals surface area contributed by atoms with Gasteiger partial charge in [0, 0.05) is 6.61 Å². The zero-order chi connectivity index (χ0) is 28.9. The Bertz CT molecular complexity index is 1280. The van der Waals surface area contributed by atoms with Crippen LogP contribution >= 0.6 is 0 Å². The molecule has 4 rings (SSSR count). The van der Waals surface area contributed by atoms with Crippen LogP contribution in [-0.2, 0) is 14.3 Å². The van der Waals surface area contributed by atoms with Gasteiger partial charge in [-0.1, -0.05) is 118 Å². The summed E-state index contributed by atoms with van der Waals surface area (Å²) in [5.41, 5.74) is 3.62. The molecule has 0 heterocycles. The van der Waals surface area contributed by atoms with E-state index >= 15 is 0 Å². The number of carbonyl (C=O) groups is 1. The predicted octanol–water partition coefficient (Wildman–Crippen LogP) is 8.76. The van der Waals surface area contributed by atoms with Crippen molar-refractivity contribution in [3.8, 4) is 11.5 Å². The number of phenolic OH excluding ortho intramolecular Hbond substituents is 1. The number of hydrogen-bond donors (Lipinski definition) is 1. The van der Waals surface area contributed by atoms with E-state index in [0.29, 0.717) is 17.9 Å². The van der Waals surface area contributed by atoms with Crippen molar-refractivity contribution in [1.29, 1.82) is 0 Å². The number of hydrogen-bond acceptors (Lipinski definition) is 5. The van der Waals surface area contributed by atoms with E-state index in [4.69, 9.17) is 14.2 Å². The third-order valence-electron chi connectivity index (χ3n) is 7.30. The smallest absolute Gasteiger partial charge is 0.345 e. The molecule has 1 aliphatic carbocycles. The Morgan fingerprint density at radius 2 is 1.46 bits per heavy atom. The number of ether oxygens (including phenoxy) is 3. The fourth-order valence-corrected chi connectivity index (χ4v) is 4.92. The summed E-state index contributed by atoms with van der Waals surface area (Å²) in [6.07, 6.45) is 15.6. The molecular weight excluding hydrogens is 512 g/mol. The number of phenols is 1. The molecule has 2 atom stereocenters. The minimum Gasteiger partial charge on any atom is -0.508 e. The van der Waals surface area contributed by atoms with Gasteiger partial charge in [0.25, 0.3) is 0 Å². The third kappa shape index (κ3) is 9.89. The molecule has 1 N–H and O–H groups in total. The molecule has 0 saturated heterocycles. The van der Waals surface area contributed by atoms with E-state index in [1.807, 2.05) is 79.8 Å². The maximum atomic E-state index is 13.3. The molecule has 0 aliphatic heterocycles. The minimum atomic E-state index is -0.928. The Hall–Kier alpha value is -3.93. The van der Waals surface area contributed by atoms with Gasteiger partial charge in [0.15, 0.2) is 12.4 Å². The van der Waals surface area contributed by atoms with Crippen molar-refractivity contribution >= 4 is 24.2 Å². The molecule has 3 aromatic carbocycles. The van der Waals surface area contributed by atoms with Gasteiger partial charge in [-0.2, -0.15) is 0 Å². The number of benzene rings is 3. The van der Waals surface area contributed by atoms with Gasteiger partial charge < -0.3 is 19.3 Å². The van der Waals surface area contributed by atoms with Crippen molar-refractivity contribution in [2.24, 2.45) is 5.92 Å². The molecule has 1 saturated carbocycles. The van der Waals surface area contributed by atoms with E-state index < -0.39 is 18.4 Å². The Morgan fingerprint density at radius 1 is 0.878 bits per heavy atom. The molecule has 41 heavy (non-hydrogen) atoms. The minimum absolute atomic E-state index is 0.245. The van der Waals surface area contributed by atoms with Crippen LogP contribution < -0.4 is 4.74 Å². The molecule has 1 fully saturated rings. The second kappa shape index (κ2) is 15.8. The number of rotatable bonds is 13. The highest BCUT2D eigenvalue weighted by atomic mass is 16.7. The van der Waals surface area contributed by atoms with E-state index in [9.17, 15) is 9.90 Å². The SMILES string of the molecule is C=Cc1ccc(C(OC(C)OCCC2CCCCC2)C(=O)Oc2ccc(C=CC=Cc3ccc(O)cc3)cc2)cc1. The summed E-state index contributed by atoms with van der Waals surface area (Å²) in [5.74, 6) is 0.902. The zero-order valence-electron chi connectivity index (χ0n) is 23.8. The largest absolute Gasteiger partial charge is 0.508 e. The van der Waals surface area contributed by atoms with E-state index in [1.54, 1.807) is 30.3 Å². The molecule has 5 nitrogen and oxygen atoms in total. The Kier molecular flexibility index (Phi) is 11.5. The Labute approximate surface area is 243 Å². The first-order valence-electron chi connectivity index (χ1n) is 14.4. The summed E-state index contributed by atoms with van der Waals surface area (Å²) in [7, 11) is 0. The fourth-order valence-electron chi connectivity index (χ4n) is 4.92. The zero-order valence-corrected chi connectivity index (χ0v) is 23.8. The average Bonchev–Trinajstić information content (AvgIpc) is 3.00. The monoisotopic (exact) mass is 552 g/mol. The van der Waals surface area contributed by atoms with Crippen LogP contribution in [0.2, 0.25) is 0 Å². The molecule has 0 radical (unpaired) electrons. The van der Waals surface area contributed by atoms with E-state index in [1.165, 1.54) is 32.1 Å².